The molecule has 1 unspecified atom stereocenters. The zero-order valence-electron chi connectivity index (χ0n) is 17.3. The summed E-state index contributed by atoms with van der Waals surface area (Å²) < 4.78 is 5.95. The minimum Gasteiger partial charge on any atom is -0.450 e. The van der Waals surface area contributed by atoms with Crippen LogP contribution in [-0.4, -0.2) is 29.8 Å². The van der Waals surface area contributed by atoms with Gasteiger partial charge in [-0.2, -0.15) is 0 Å². The van der Waals surface area contributed by atoms with Crippen LogP contribution in [0.4, 0.5) is 5.69 Å². The van der Waals surface area contributed by atoms with Crippen molar-refractivity contribution in [2.75, 3.05) is 18.0 Å². The lowest BCUT2D eigenvalue weighted by Gasteiger charge is -2.34. The zero-order valence-corrected chi connectivity index (χ0v) is 18.0. The molecule has 6 nitrogen and oxygen atoms in total. The van der Waals surface area contributed by atoms with Crippen LogP contribution in [-0.2, 0) is 10.3 Å². The number of fused-ring (bicyclic) bond motifs is 5. The van der Waals surface area contributed by atoms with E-state index >= 15 is 0 Å². The third-order valence-corrected chi connectivity index (χ3v) is 6.33. The highest BCUT2D eigenvalue weighted by molar-refractivity contribution is 6.31. The molecule has 1 aromatic heterocycles. The van der Waals surface area contributed by atoms with Gasteiger partial charge < -0.3 is 14.2 Å². The molecule has 31 heavy (non-hydrogen) atoms. The van der Waals surface area contributed by atoms with Crippen molar-refractivity contribution in [3.05, 3.63) is 74.6 Å². The second kappa shape index (κ2) is 6.95. The average Bonchev–Trinajstić information content (AvgIpc) is 3.15. The lowest BCUT2D eigenvalue weighted by atomic mass is 9.84. The largest absolute Gasteiger partial charge is 0.450 e. The van der Waals surface area contributed by atoms with Crippen LogP contribution >= 0.6 is 11.6 Å². The molecule has 0 saturated carbocycles. The molecule has 2 aliphatic rings. The van der Waals surface area contributed by atoms with E-state index in [-0.39, 0.29) is 28.2 Å². The summed E-state index contributed by atoms with van der Waals surface area (Å²) in [7, 11) is 0. The Balaban J connectivity index is 1.93. The molecule has 1 atom stereocenters. The molecule has 1 spiro atoms. The van der Waals surface area contributed by atoms with Gasteiger partial charge in [0.1, 0.15) is 5.58 Å². The van der Waals surface area contributed by atoms with Gasteiger partial charge in [0, 0.05) is 23.7 Å². The molecular formula is C24H21ClN2O4. The highest BCUT2D eigenvalue weighted by Crippen LogP contribution is 2.52. The molecule has 2 aromatic carbocycles. The number of hydrogen-bond acceptors (Lipinski definition) is 4. The third-order valence-electron chi connectivity index (χ3n) is 6.09. The van der Waals surface area contributed by atoms with E-state index in [0.29, 0.717) is 30.1 Å². The van der Waals surface area contributed by atoms with Gasteiger partial charge in [0.05, 0.1) is 16.6 Å². The predicted octanol–water partition coefficient (Wildman–Crippen LogP) is 4.31. The Labute approximate surface area is 184 Å². The summed E-state index contributed by atoms with van der Waals surface area (Å²) in [4.78, 5) is 44.6. The number of rotatable bonds is 4. The average molecular weight is 437 g/mol. The summed E-state index contributed by atoms with van der Waals surface area (Å²) in [6.07, 6.45) is 1.37. The standard InChI is InChI=1S/C24H21ClN2O4/c1-3-11-26-17-8-6-5-7-16(17)24(23(26)30)19-20(28)15-13-14(25)9-10-18(15)31-21(19)22(29)27(24)12-4-2/h5-10,13H,3-4,11-12H2,1-2H3. The number of benzene rings is 2. The molecule has 0 aliphatic carbocycles. The fraction of sp³-hybridized carbons (Fsp3) is 0.292. The summed E-state index contributed by atoms with van der Waals surface area (Å²) in [6.45, 7) is 4.73. The Morgan fingerprint density at radius 1 is 1.00 bits per heavy atom. The minimum atomic E-state index is -1.52. The van der Waals surface area contributed by atoms with Gasteiger partial charge in [-0.25, -0.2) is 0 Å². The van der Waals surface area contributed by atoms with Crippen molar-refractivity contribution in [3.63, 3.8) is 0 Å². The van der Waals surface area contributed by atoms with E-state index in [2.05, 4.69) is 0 Å². The van der Waals surface area contributed by atoms with Gasteiger partial charge in [0.15, 0.2) is 11.0 Å². The molecule has 5 rings (SSSR count). The molecule has 3 heterocycles. The molecule has 2 aliphatic heterocycles. The monoisotopic (exact) mass is 436 g/mol. The van der Waals surface area contributed by atoms with Crippen molar-refractivity contribution in [3.8, 4) is 0 Å². The number of anilines is 1. The first kappa shape index (κ1) is 19.8. The molecule has 0 N–H and O–H groups in total. The van der Waals surface area contributed by atoms with E-state index in [4.69, 9.17) is 16.0 Å². The molecule has 158 valence electrons. The van der Waals surface area contributed by atoms with E-state index in [9.17, 15) is 14.4 Å². The first-order valence-corrected chi connectivity index (χ1v) is 10.8. The normalized spacial score (nSPS) is 19.6. The summed E-state index contributed by atoms with van der Waals surface area (Å²) in [5, 5.41) is 0.644. The van der Waals surface area contributed by atoms with Crippen LogP contribution in [0.15, 0.2) is 51.7 Å². The van der Waals surface area contributed by atoms with Crippen LogP contribution in [0.1, 0.15) is 48.4 Å². The first-order chi connectivity index (χ1) is 15.0. The first-order valence-electron chi connectivity index (χ1n) is 10.5. The predicted molar refractivity (Wildman–Crippen MR) is 119 cm³/mol. The van der Waals surface area contributed by atoms with E-state index in [1.165, 1.54) is 11.0 Å². The van der Waals surface area contributed by atoms with Gasteiger partial charge in [0.2, 0.25) is 5.76 Å². The summed E-state index contributed by atoms with van der Waals surface area (Å²) >= 11 is 6.14. The highest BCUT2D eigenvalue weighted by Gasteiger charge is 2.64. The Kier molecular flexibility index (Phi) is 4.45. The number of para-hydroxylation sites is 1. The van der Waals surface area contributed by atoms with Gasteiger partial charge in [-0.15, -0.1) is 0 Å². The second-order valence-electron chi connectivity index (χ2n) is 7.92. The molecular weight excluding hydrogens is 416 g/mol. The smallest absolute Gasteiger partial charge is 0.291 e. The molecule has 2 amide bonds. The molecule has 0 bridgehead atoms. The number of halogens is 1. The Morgan fingerprint density at radius 3 is 2.48 bits per heavy atom. The van der Waals surface area contributed by atoms with Crippen molar-refractivity contribution in [2.45, 2.75) is 32.2 Å². The molecule has 0 radical (unpaired) electrons. The number of amides is 2. The summed E-state index contributed by atoms with van der Waals surface area (Å²) in [6, 6.07) is 12.1. The maximum atomic E-state index is 14.1. The van der Waals surface area contributed by atoms with Crippen LogP contribution in [0.5, 0.6) is 0 Å². The molecule has 0 saturated heterocycles. The second-order valence-corrected chi connectivity index (χ2v) is 8.35. The van der Waals surface area contributed by atoms with Crippen LogP contribution in [0.3, 0.4) is 0 Å². The Hall–Kier alpha value is -3.12. The Morgan fingerprint density at radius 2 is 1.74 bits per heavy atom. The topological polar surface area (TPSA) is 70.8 Å². The van der Waals surface area contributed by atoms with Crippen LogP contribution in [0.25, 0.3) is 11.0 Å². The third kappa shape index (κ3) is 2.42. The SMILES string of the molecule is CCCN1C(=O)C2(c3ccccc31)c1c(oc3ccc(Cl)cc3c1=O)C(=O)N2CCC. The number of carbonyl (C=O) groups is 2. The fourth-order valence-electron chi connectivity index (χ4n) is 4.93. The van der Waals surface area contributed by atoms with Crippen LogP contribution < -0.4 is 10.3 Å². The summed E-state index contributed by atoms with van der Waals surface area (Å²) in [5.74, 6) is -0.785. The van der Waals surface area contributed by atoms with Crippen molar-refractivity contribution in [1.82, 2.24) is 4.90 Å². The van der Waals surface area contributed by atoms with Gasteiger partial charge in [-0.05, 0) is 37.1 Å². The molecule has 7 heteroatoms. The van der Waals surface area contributed by atoms with Gasteiger partial charge in [0.25, 0.3) is 11.8 Å². The van der Waals surface area contributed by atoms with Crippen molar-refractivity contribution in [2.24, 2.45) is 0 Å². The van der Waals surface area contributed by atoms with Gasteiger partial charge in [-0.1, -0.05) is 43.6 Å². The number of nitrogens with zero attached hydrogens (tertiary/aromatic N) is 2. The maximum absolute atomic E-state index is 14.1. The zero-order chi connectivity index (χ0) is 21.9. The maximum Gasteiger partial charge on any atom is 0.291 e. The van der Waals surface area contributed by atoms with E-state index < -0.39 is 16.9 Å². The fourth-order valence-corrected chi connectivity index (χ4v) is 5.10. The van der Waals surface area contributed by atoms with Gasteiger partial charge in [-0.3, -0.25) is 14.4 Å². The van der Waals surface area contributed by atoms with E-state index in [1.54, 1.807) is 17.0 Å². The van der Waals surface area contributed by atoms with Crippen LogP contribution in [0.2, 0.25) is 5.02 Å². The molecule has 3 aromatic rings. The lowest BCUT2D eigenvalue weighted by Crippen LogP contribution is -2.53. The quantitative estimate of drug-likeness (QED) is 0.611. The molecule has 0 fully saturated rings. The minimum absolute atomic E-state index is 0.0604. The van der Waals surface area contributed by atoms with Gasteiger partial charge >= 0.3 is 0 Å². The van der Waals surface area contributed by atoms with Crippen molar-refractivity contribution in [1.29, 1.82) is 0 Å². The number of hydrogen-bond donors (Lipinski definition) is 0. The van der Waals surface area contributed by atoms with Crippen LogP contribution in [0, 0.1) is 0 Å². The number of carbonyl (C=O) groups excluding carboxylic acids is 2. The Bertz CT molecular complexity index is 1310. The lowest BCUT2D eigenvalue weighted by molar-refractivity contribution is -0.126. The van der Waals surface area contributed by atoms with E-state index in [0.717, 1.165) is 12.1 Å². The van der Waals surface area contributed by atoms with Crippen molar-refractivity contribution < 1.29 is 14.0 Å². The van der Waals surface area contributed by atoms with Crippen molar-refractivity contribution >= 4 is 40.1 Å². The summed E-state index contributed by atoms with van der Waals surface area (Å²) in [5.41, 5.74) is -0.182. The highest BCUT2D eigenvalue weighted by atomic mass is 35.5. The van der Waals surface area contributed by atoms with E-state index in [1.807, 2.05) is 38.1 Å².